The number of esters is 1. The highest BCUT2D eigenvalue weighted by Gasteiger charge is 2.49. The van der Waals surface area contributed by atoms with Gasteiger partial charge in [-0.25, -0.2) is 13.4 Å². The largest absolute Gasteiger partial charge is 0.459 e. The van der Waals surface area contributed by atoms with Crippen molar-refractivity contribution in [3.63, 3.8) is 0 Å². The molecule has 47 heavy (non-hydrogen) atoms. The van der Waals surface area contributed by atoms with Gasteiger partial charge in [0.1, 0.15) is 6.10 Å². The number of thiazole rings is 1. The third-order valence-electron chi connectivity index (χ3n) is 8.66. The van der Waals surface area contributed by atoms with Crippen molar-refractivity contribution in [3.05, 3.63) is 54.1 Å². The number of aliphatic hydroxyl groups is 1. The molecular formula is C34H48N4O7S2. The fourth-order valence-corrected chi connectivity index (χ4v) is 8.84. The number of anilines is 1. The molecule has 2 fully saturated rings. The number of fused-ring (bicyclic) bond motifs is 2. The number of aromatic nitrogens is 1. The lowest BCUT2D eigenvalue weighted by atomic mass is 9.90. The molecule has 0 amide bonds. The Kier molecular flexibility index (Phi) is 11.9. The molecule has 11 nitrogen and oxygen atoms in total. The van der Waals surface area contributed by atoms with E-state index in [2.05, 4.69) is 29.5 Å². The van der Waals surface area contributed by atoms with Crippen LogP contribution in [0.25, 0.3) is 10.2 Å². The predicted molar refractivity (Wildman–Crippen MR) is 183 cm³/mol. The van der Waals surface area contributed by atoms with Gasteiger partial charge >= 0.3 is 5.97 Å². The Morgan fingerprint density at radius 3 is 2.53 bits per heavy atom. The zero-order valence-corrected chi connectivity index (χ0v) is 29.4. The molecule has 1 unspecified atom stereocenters. The highest BCUT2D eigenvalue weighted by atomic mass is 32.2. The van der Waals surface area contributed by atoms with Crippen LogP contribution in [0, 0.1) is 23.7 Å². The van der Waals surface area contributed by atoms with Crippen molar-refractivity contribution in [2.75, 3.05) is 45.2 Å². The molecule has 0 aliphatic carbocycles. The van der Waals surface area contributed by atoms with E-state index in [1.54, 1.807) is 18.2 Å². The second-order valence-corrected chi connectivity index (χ2v) is 16.4. The maximum atomic E-state index is 14.1. The van der Waals surface area contributed by atoms with Crippen LogP contribution in [-0.4, -0.2) is 93.2 Å². The number of hydrogen-bond donors (Lipinski definition) is 3. The van der Waals surface area contributed by atoms with Gasteiger partial charge in [-0.2, -0.15) is 4.31 Å². The second-order valence-electron chi connectivity index (χ2n) is 13.4. The summed E-state index contributed by atoms with van der Waals surface area (Å²) in [6.45, 7) is 9.62. The van der Waals surface area contributed by atoms with E-state index in [1.807, 2.05) is 51.2 Å². The van der Waals surface area contributed by atoms with E-state index in [9.17, 15) is 18.3 Å². The minimum Gasteiger partial charge on any atom is -0.459 e. The summed E-state index contributed by atoms with van der Waals surface area (Å²) in [5.74, 6) is -0.731. The van der Waals surface area contributed by atoms with Gasteiger partial charge in [0.25, 0.3) is 0 Å². The van der Waals surface area contributed by atoms with Crippen LogP contribution in [0.1, 0.15) is 39.7 Å². The summed E-state index contributed by atoms with van der Waals surface area (Å²) >= 11 is 1.42. The lowest BCUT2D eigenvalue weighted by molar-refractivity contribution is -0.153. The first-order chi connectivity index (χ1) is 22.4. The Morgan fingerprint density at radius 2 is 1.83 bits per heavy atom. The highest BCUT2D eigenvalue weighted by molar-refractivity contribution is 7.89. The number of aliphatic hydroxyl groups excluding tert-OH is 1. The number of sulfonamides is 1. The van der Waals surface area contributed by atoms with Crippen LogP contribution < -0.4 is 10.6 Å². The van der Waals surface area contributed by atoms with Crippen LogP contribution >= 0.6 is 11.3 Å². The van der Waals surface area contributed by atoms with E-state index < -0.39 is 40.4 Å². The maximum absolute atomic E-state index is 14.1. The van der Waals surface area contributed by atoms with Crippen molar-refractivity contribution in [2.45, 2.75) is 70.0 Å². The molecule has 258 valence electrons. The van der Waals surface area contributed by atoms with E-state index in [1.165, 1.54) is 15.6 Å². The monoisotopic (exact) mass is 688 g/mol. The molecule has 2 aliphatic rings. The van der Waals surface area contributed by atoms with Gasteiger partial charge in [-0.1, -0.05) is 69.4 Å². The molecule has 3 N–H and O–H groups in total. The Labute approximate surface area is 282 Å². The molecule has 0 spiro atoms. The van der Waals surface area contributed by atoms with E-state index in [-0.39, 0.29) is 48.9 Å². The maximum Gasteiger partial charge on any atom is 0.306 e. The van der Waals surface area contributed by atoms with Crippen LogP contribution in [0.15, 0.2) is 53.4 Å². The van der Waals surface area contributed by atoms with Crippen molar-refractivity contribution in [1.29, 1.82) is 0 Å². The van der Waals surface area contributed by atoms with Crippen molar-refractivity contribution < 1.29 is 32.5 Å². The van der Waals surface area contributed by atoms with E-state index in [0.717, 1.165) is 27.5 Å². The molecule has 0 saturated carbocycles. The number of nitrogens with zero attached hydrogens (tertiary/aromatic N) is 2. The normalized spacial score (nSPS) is 22.7. The molecule has 3 heterocycles. The van der Waals surface area contributed by atoms with Gasteiger partial charge in [-0.3, -0.25) is 4.79 Å². The van der Waals surface area contributed by atoms with Crippen LogP contribution in [0.5, 0.6) is 0 Å². The summed E-state index contributed by atoms with van der Waals surface area (Å²) in [6, 6.07) is 14.5. The summed E-state index contributed by atoms with van der Waals surface area (Å²) in [5.41, 5.74) is 1.66. The first-order valence-corrected chi connectivity index (χ1v) is 18.7. The molecule has 0 bridgehead atoms. The topological polar surface area (TPSA) is 139 Å². The fraction of sp³-hybridized carbons (Fsp3) is 0.588. The smallest absolute Gasteiger partial charge is 0.306 e. The van der Waals surface area contributed by atoms with Crippen LogP contribution in [-0.2, 0) is 35.4 Å². The molecule has 2 saturated heterocycles. The third kappa shape index (κ3) is 8.88. The molecule has 2 aliphatic heterocycles. The first kappa shape index (κ1) is 35.7. The summed E-state index contributed by atoms with van der Waals surface area (Å²) in [4.78, 5) is 18.1. The van der Waals surface area contributed by atoms with Crippen LogP contribution in [0.3, 0.4) is 0 Å². The van der Waals surface area contributed by atoms with E-state index in [4.69, 9.17) is 14.2 Å². The molecular weight excluding hydrogens is 641 g/mol. The minimum atomic E-state index is -3.99. The Morgan fingerprint density at radius 1 is 1.09 bits per heavy atom. The predicted octanol–water partition coefficient (Wildman–Crippen LogP) is 4.12. The number of nitrogens with one attached hydrogen (secondary N) is 2. The van der Waals surface area contributed by atoms with E-state index >= 15 is 0 Å². The number of hydrogen-bond acceptors (Lipinski definition) is 11. The SMILES string of the molecule is CN[C@H]1CO[C@@H]2OCC(OC(=O)C[C@@H](Cc3ccccc3)[C@H](O)CN(CC(C)C)S(=O)(=O)c3ccc4nc(NCC(C)C)sc4c3)[C@@H]21. The summed E-state index contributed by atoms with van der Waals surface area (Å²) in [6.07, 6.45) is -1.73. The Balaban J connectivity index is 1.34. The van der Waals surface area contributed by atoms with Gasteiger partial charge in [0.2, 0.25) is 10.0 Å². The minimum absolute atomic E-state index is 0.00227. The summed E-state index contributed by atoms with van der Waals surface area (Å²) in [7, 11) is -2.15. The van der Waals surface area contributed by atoms with Gasteiger partial charge in [0.05, 0.1) is 46.8 Å². The standard InChI is InChI=1S/C34H48N4O7S2/c1-21(2)16-36-34-37-26-12-11-25(15-30(26)46-34)47(41,42)38(17-22(3)4)18-28(39)24(13-23-9-7-6-8-10-23)14-31(40)45-29-20-44-33-32(29)27(35-5)19-43-33/h6-12,15,21-22,24,27-29,32-33,35,39H,13-14,16-20H2,1-5H3,(H,36,37)/t24-,27+,28-,29?,32+,33-/m1/s1. The lowest BCUT2D eigenvalue weighted by Gasteiger charge is -2.30. The highest BCUT2D eigenvalue weighted by Crippen LogP contribution is 2.34. The van der Waals surface area contributed by atoms with Crippen LogP contribution in [0.2, 0.25) is 0 Å². The van der Waals surface area contributed by atoms with Crippen molar-refractivity contribution in [2.24, 2.45) is 23.7 Å². The number of carbonyl (C=O) groups is 1. The van der Waals surface area contributed by atoms with Gasteiger partial charge in [0.15, 0.2) is 11.4 Å². The van der Waals surface area contributed by atoms with Crippen LogP contribution in [0.4, 0.5) is 5.13 Å². The molecule has 6 atom stereocenters. The van der Waals surface area contributed by atoms with Crippen molar-refractivity contribution in [1.82, 2.24) is 14.6 Å². The quantitative estimate of drug-likeness (QED) is 0.188. The molecule has 5 rings (SSSR count). The number of rotatable bonds is 16. The molecule has 1 aromatic heterocycles. The number of ether oxygens (including phenoxy) is 3. The van der Waals surface area contributed by atoms with Crippen molar-refractivity contribution in [3.8, 4) is 0 Å². The summed E-state index contributed by atoms with van der Waals surface area (Å²) < 4.78 is 47.7. The number of benzene rings is 2. The Hall–Kier alpha value is -2.65. The zero-order valence-electron chi connectivity index (χ0n) is 27.8. The fourth-order valence-electron chi connectivity index (χ4n) is 6.20. The molecule has 2 aromatic carbocycles. The average Bonchev–Trinajstić information content (AvgIpc) is 3.75. The second kappa shape index (κ2) is 15.7. The third-order valence-corrected chi connectivity index (χ3v) is 11.5. The number of likely N-dealkylation sites (N-methyl/N-ethyl adjacent to an activating group) is 1. The number of carbonyl (C=O) groups excluding carboxylic acids is 1. The van der Waals surface area contributed by atoms with Gasteiger partial charge < -0.3 is 30.0 Å². The van der Waals surface area contributed by atoms with E-state index in [0.29, 0.717) is 18.9 Å². The molecule has 0 radical (unpaired) electrons. The summed E-state index contributed by atoms with van der Waals surface area (Å²) in [5, 5.41) is 19.0. The van der Waals surface area contributed by atoms with Gasteiger partial charge in [0, 0.05) is 31.6 Å². The first-order valence-electron chi connectivity index (χ1n) is 16.4. The molecule has 13 heteroatoms. The van der Waals surface area contributed by atoms with Gasteiger partial charge in [-0.15, -0.1) is 0 Å². The van der Waals surface area contributed by atoms with Crippen molar-refractivity contribution >= 4 is 42.7 Å². The lowest BCUT2D eigenvalue weighted by Crippen LogP contribution is -2.44. The molecule has 3 aromatic rings. The van der Waals surface area contributed by atoms with Gasteiger partial charge in [-0.05, 0) is 49.1 Å². The Bertz CT molecular complexity index is 1580. The zero-order chi connectivity index (χ0) is 33.7. The average molecular weight is 689 g/mol.